The Bertz CT molecular complexity index is 573. The van der Waals surface area contributed by atoms with Crippen LogP contribution in [0.3, 0.4) is 0 Å². The highest BCUT2D eigenvalue weighted by Crippen LogP contribution is 2.26. The lowest BCUT2D eigenvalue weighted by Gasteiger charge is -2.21. The fraction of sp³-hybridized carbons (Fsp3) is 0.312. The van der Waals surface area contributed by atoms with Gasteiger partial charge in [0.15, 0.2) is 0 Å². The van der Waals surface area contributed by atoms with E-state index in [1.165, 1.54) is 27.9 Å². The van der Waals surface area contributed by atoms with Gasteiger partial charge in [0.25, 0.3) is 0 Å². The molecule has 0 bridgehead atoms. The number of hydrogen-bond donors (Lipinski definition) is 0. The highest BCUT2D eigenvalue weighted by Gasteiger charge is 2.09. The van der Waals surface area contributed by atoms with E-state index >= 15 is 0 Å². The van der Waals surface area contributed by atoms with Crippen molar-refractivity contribution in [2.24, 2.45) is 0 Å². The third-order valence-corrected chi connectivity index (χ3v) is 3.38. The van der Waals surface area contributed by atoms with E-state index in [4.69, 9.17) is 0 Å². The fourth-order valence-corrected chi connectivity index (χ4v) is 2.12. The summed E-state index contributed by atoms with van der Waals surface area (Å²) < 4.78 is 0. The van der Waals surface area contributed by atoms with Gasteiger partial charge in [0.05, 0.1) is 0 Å². The van der Waals surface area contributed by atoms with Gasteiger partial charge in [-0.25, -0.2) is 4.98 Å². The van der Waals surface area contributed by atoms with Crippen molar-refractivity contribution in [1.29, 1.82) is 0 Å². The zero-order chi connectivity index (χ0) is 13.3. The number of aromatic nitrogens is 1. The molecule has 2 heteroatoms. The lowest BCUT2D eigenvalue weighted by atomic mass is 10.1. The molecule has 0 unspecified atom stereocenters. The van der Waals surface area contributed by atoms with Crippen molar-refractivity contribution in [1.82, 2.24) is 4.98 Å². The Balaban J connectivity index is 2.41. The van der Waals surface area contributed by atoms with Crippen molar-refractivity contribution >= 4 is 11.5 Å². The maximum absolute atomic E-state index is 4.53. The van der Waals surface area contributed by atoms with Crippen molar-refractivity contribution in [3.63, 3.8) is 0 Å². The summed E-state index contributed by atoms with van der Waals surface area (Å²) in [6.07, 6.45) is 1.92. The molecule has 0 N–H and O–H groups in total. The third-order valence-electron chi connectivity index (χ3n) is 3.38. The van der Waals surface area contributed by atoms with E-state index in [2.05, 4.69) is 68.9 Å². The minimum Gasteiger partial charge on any atom is -0.329 e. The summed E-state index contributed by atoms with van der Waals surface area (Å²) >= 11 is 0. The number of pyridine rings is 1. The van der Waals surface area contributed by atoms with E-state index in [1.807, 2.05) is 6.20 Å². The molecule has 2 aromatic rings. The summed E-state index contributed by atoms with van der Waals surface area (Å²) in [5.74, 6) is 1.02. The van der Waals surface area contributed by atoms with Crippen molar-refractivity contribution in [3.05, 3.63) is 52.7 Å². The number of nitrogens with zero attached hydrogens (tertiary/aromatic N) is 2. The van der Waals surface area contributed by atoms with E-state index in [9.17, 15) is 0 Å². The van der Waals surface area contributed by atoms with E-state index in [-0.39, 0.29) is 0 Å². The Labute approximate surface area is 109 Å². The summed E-state index contributed by atoms with van der Waals surface area (Å²) in [6, 6.07) is 8.67. The summed E-state index contributed by atoms with van der Waals surface area (Å²) in [5.41, 5.74) is 6.21. The van der Waals surface area contributed by atoms with E-state index < -0.39 is 0 Å². The topological polar surface area (TPSA) is 16.1 Å². The Morgan fingerprint density at radius 3 is 2.22 bits per heavy atom. The van der Waals surface area contributed by atoms with Crippen molar-refractivity contribution in [3.8, 4) is 0 Å². The number of rotatable bonds is 2. The van der Waals surface area contributed by atoms with E-state index in [0.29, 0.717) is 0 Å². The molecule has 2 nitrogen and oxygen atoms in total. The standard InChI is InChI=1S/C16H20N2/c1-11-8-14(4)16(17-10-11)18(5)15-7-6-12(2)13(3)9-15/h6-10H,1-5H3. The van der Waals surface area contributed by atoms with E-state index in [0.717, 1.165) is 5.82 Å². The fourth-order valence-electron chi connectivity index (χ4n) is 2.12. The summed E-state index contributed by atoms with van der Waals surface area (Å²) in [5, 5.41) is 0. The van der Waals surface area contributed by atoms with Crippen molar-refractivity contribution in [2.75, 3.05) is 11.9 Å². The van der Waals surface area contributed by atoms with Crippen molar-refractivity contribution < 1.29 is 0 Å². The molecule has 1 heterocycles. The summed E-state index contributed by atoms with van der Waals surface area (Å²) in [4.78, 5) is 6.67. The first-order valence-corrected chi connectivity index (χ1v) is 6.23. The first-order valence-electron chi connectivity index (χ1n) is 6.23. The predicted octanol–water partition coefficient (Wildman–Crippen LogP) is 4.08. The summed E-state index contributed by atoms with van der Waals surface area (Å²) in [7, 11) is 2.06. The maximum atomic E-state index is 4.53. The van der Waals surface area contributed by atoms with Crippen LogP contribution in [-0.4, -0.2) is 12.0 Å². The number of benzene rings is 1. The van der Waals surface area contributed by atoms with Gasteiger partial charge in [-0.3, -0.25) is 0 Å². The minimum absolute atomic E-state index is 1.02. The first-order chi connectivity index (χ1) is 8.49. The Morgan fingerprint density at radius 2 is 1.61 bits per heavy atom. The molecule has 0 saturated carbocycles. The molecule has 18 heavy (non-hydrogen) atoms. The van der Waals surface area contributed by atoms with Gasteiger partial charge >= 0.3 is 0 Å². The van der Waals surface area contributed by atoms with Gasteiger partial charge in [0.1, 0.15) is 5.82 Å². The number of aryl methyl sites for hydroxylation is 4. The van der Waals surface area contributed by atoms with Crippen LogP contribution in [0, 0.1) is 27.7 Å². The van der Waals surface area contributed by atoms with Crippen LogP contribution in [0.1, 0.15) is 22.3 Å². The summed E-state index contributed by atoms with van der Waals surface area (Å²) in [6.45, 7) is 8.45. The maximum Gasteiger partial charge on any atom is 0.135 e. The van der Waals surface area contributed by atoms with Crippen LogP contribution in [0.2, 0.25) is 0 Å². The monoisotopic (exact) mass is 240 g/mol. The molecule has 0 aliphatic rings. The second kappa shape index (κ2) is 4.81. The molecular formula is C16H20N2. The second-order valence-corrected chi connectivity index (χ2v) is 4.98. The Kier molecular flexibility index (Phi) is 3.37. The van der Waals surface area contributed by atoms with Gasteiger partial charge in [-0.15, -0.1) is 0 Å². The predicted molar refractivity (Wildman–Crippen MR) is 77.7 cm³/mol. The van der Waals surface area contributed by atoms with Gasteiger partial charge in [-0.1, -0.05) is 12.1 Å². The van der Waals surface area contributed by atoms with Gasteiger partial charge in [0.2, 0.25) is 0 Å². The molecule has 0 aliphatic carbocycles. The van der Waals surface area contributed by atoms with Crippen LogP contribution < -0.4 is 4.90 Å². The molecule has 94 valence electrons. The normalized spacial score (nSPS) is 10.5. The molecule has 0 spiro atoms. The molecule has 1 aromatic carbocycles. The Hall–Kier alpha value is -1.83. The minimum atomic E-state index is 1.02. The largest absolute Gasteiger partial charge is 0.329 e. The smallest absolute Gasteiger partial charge is 0.135 e. The highest BCUT2D eigenvalue weighted by molar-refractivity contribution is 5.63. The van der Waals surface area contributed by atoms with E-state index in [1.54, 1.807) is 0 Å². The van der Waals surface area contributed by atoms with Crippen LogP contribution in [-0.2, 0) is 0 Å². The van der Waals surface area contributed by atoms with Crippen LogP contribution in [0.15, 0.2) is 30.5 Å². The molecule has 0 saturated heterocycles. The average molecular weight is 240 g/mol. The first kappa shape index (κ1) is 12.6. The molecular weight excluding hydrogens is 220 g/mol. The van der Waals surface area contributed by atoms with Gasteiger partial charge in [-0.05, 0) is 62.1 Å². The van der Waals surface area contributed by atoms with Crippen LogP contribution in [0.5, 0.6) is 0 Å². The average Bonchev–Trinajstić information content (AvgIpc) is 2.32. The van der Waals surface area contributed by atoms with Gasteiger partial charge in [-0.2, -0.15) is 0 Å². The van der Waals surface area contributed by atoms with Gasteiger partial charge in [0, 0.05) is 18.9 Å². The Morgan fingerprint density at radius 1 is 0.889 bits per heavy atom. The quantitative estimate of drug-likeness (QED) is 0.786. The van der Waals surface area contributed by atoms with Crippen LogP contribution in [0.25, 0.3) is 0 Å². The second-order valence-electron chi connectivity index (χ2n) is 4.98. The molecule has 0 amide bonds. The van der Waals surface area contributed by atoms with Crippen molar-refractivity contribution in [2.45, 2.75) is 27.7 Å². The lowest BCUT2D eigenvalue weighted by Crippen LogP contribution is -2.13. The van der Waals surface area contributed by atoms with Crippen LogP contribution >= 0.6 is 0 Å². The zero-order valence-corrected chi connectivity index (χ0v) is 11.8. The molecule has 2 rings (SSSR count). The van der Waals surface area contributed by atoms with Gasteiger partial charge < -0.3 is 4.90 Å². The SMILES string of the molecule is Cc1cnc(N(C)c2ccc(C)c(C)c2)c(C)c1. The number of hydrogen-bond acceptors (Lipinski definition) is 2. The molecule has 0 fully saturated rings. The molecule has 0 aliphatic heterocycles. The molecule has 0 radical (unpaired) electrons. The third kappa shape index (κ3) is 2.37. The molecule has 1 aromatic heterocycles. The lowest BCUT2D eigenvalue weighted by molar-refractivity contribution is 1.09. The van der Waals surface area contributed by atoms with Crippen LogP contribution in [0.4, 0.5) is 11.5 Å². The zero-order valence-electron chi connectivity index (χ0n) is 11.8. The molecule has 0 atom stereocenters. The highest BCUT2D eigenvalue weighted by atomic mass is 15.2. The number of anilines is 2.